The molecule has 2 heterocycles. The van der Waals surface area contributed by atoms with Crippen LogP contribution < -0.4 is 9.62 Å². The molecular weight excluding hydrogens is 504 g/mol. The number of ether oxygens (including phenoxy) is 1. The lowest BCUT2D eigenvalue weighted by atomic mass is 9.94. The second kappa shape index (κ2) is 10.9. The van der Waals surface area contributed by atoms with Gasteiger partial charge >= 0.3 is 0 Å². The minimum absolute atomic E-state index is 0.197. The number of allylic oxidation sites excluding steroid dienone is 2. The molecule has 9 nitrogen and oxygen atoms in total. The third-order valence-corrected chi connectivity index (χ3v) is 8.70. The number of anilines is 1. The van der Waals surface area contributed by atoms with Crippen LogP contribution in [0.25, 0.3) is 27.6 Å². The minimum Gasteiger partial charge on any atom is -0.390 e. The summed E-state index contributed by atoms with van der Waals surface area (Å²) in [6, 6.07) is 17.9. The molecule has 4 rings (SSSR count). The Hall–Kier alpha value is -3.20. The Bertz CT molecular complexity index is 1520. The van der Waals surface area contributed by atoms with E-state index in [4.69, 9.17) is 4.74 Å². The SMILES string of the molecule is C/C(=C(/C#N)S(=O)(=O)NC[C@H]1OC[C@H](C)[C@@H](O)[C@@H]1O)c1ccc(-c2ccc3cc(N(C)C)ccc3c2)n1C. The largest absolute Gasteiger partial charge is 0.390 e. The molecule has 202 valence electrons. The van der Waals surface area contributed by atoms with Crippen molar-refractivity contribution in [3.8, 4) is 17.3 Å². The summed E-state index contributed by atoms with van der Waals surface area (Å²) in [6.45, 7) is 3.26. The molecule has 0 bridgehead atoms. The zero-order chi connectivity index (χ0) is 27.8. The molecule has 0 amide bonds. The molecule has 0 unspecified atom stereocenters. The first-order chi connectivity index (χ1) is 17.9. The van der Waals surface area contributed by atoms with Crippen molar-refractivity contribution in [1.29, 1.82) is 5.26 Å². The van der Waals surface area contributed by atoms with Gasteiger partial charge in [-0.1, -0.05) is 25.1 Å². The molecule has 1 saturated heterocycles. The van der Waals surface area contributed by atoms with E-state index in [0.29, 0.717) is 11.3 Å². The second-order valence-electron chi connectivity index (χ2n) is 10.1. The molecule has 4 atom stereocenters. The number of nitrogens with one attached hydrogen (secondary N) is 1. The number of fused-ring (bicyclic) bond motifs is 1. The van der Waals surface area contributed by atoms with E-state index in [0.717, 1.165) is 27.7 Å². The zero-order valence-corrected chi connectivity index (χ0v) is 23.0. The molecule has 0 aliphatic carbocycles. The summed E-state index contributed by atoms with van der Waals surface area (Å²) in [7, 11) is 1.62. The van der Waals surface area contributed by atoms with E-state index < -0.39 is 33.2 Å². The lowest BCUT2D eigenvalue weighted by Gasteiger charge is -2.36. The number of aromatic nitrogens is 1. The number of hydrogen-bond donors (Lipinski definition) is 3. The fourth-order valence-corrected chi connectivity index (χ4v) is 5.94. The molecule has 3 aromatic rings. The molecule has 0 spiro atoms. The Morgan fingerprint density at radius 3 is 2.50 bits per heavy atom. The van der Waals surface area contributed by atoms with E-state index in [1.807, 2.05) is 43.9 Å². The van der Waals surface area contributed by atoms with E-state index in [9.17, 15) is 23.9 Å². The van der Waals surface area contributed by atoms with E-state index in [1.54, 1.807) is 19.9 Å². The molecule has 2 aromatic carbocycles. The van der Waals surface area contributed by atoms with Gasteiger partial charge in [-0.15, -0.1) is 0 Å². The van der Waals surface area contributed by atoms with Crippen molar-refractivity contribution in [2.75, 3.05) is 32.1 Å². The standard InChI is InChI=1S/C28H34N4O5S/c1-17-16-37-25(28(34)27(17)33)15-30-38(35,36)26(14-29)18(2)23-10-11-24(32(23)5)21-7-6-20-13-22(31(3)4)9-8-19(20)12-21/h6-13,17,25,27-28,30,33-34H,15-16H2,1-5H3/b26-18+/t17-,25+,27+,28+/m0/s1. The van der Waals surface area contributed by atoms with Gasteiger partial charge in [-0.2, -0.15) is 5.26 Å². The normalized spacial score (nSPS) is 22.7. The van der Waals surface area contributed by atoms with Crippen LogP contribution in [0.4, 0.5) is 5.69 Å². The van der Waals surface area contributed by atoms with Gasteiger partial charge in [0.25, 0.3) is 10.0 Å². The molecule has 1 aliphatic heterocycles. The first kappa shape index (κ1) is 27.8. The molecule has 1 fully saturated rings. The number of rotatable bonds is 7. The lowest BCUT2D eigenvalue weighted by molar-refractivity contribution is -0.157. The molecule has 3 N–H and O–H groups in total. The van der Waals surface area contributed by atoms with Crippen molar-refractivity contribution >= 4 is 32.1 Å². The summed E-state index contributed by atoms with van der Waals surface area (Å²) in [5, 5.41) is 32.3. The van der Waals surface area contributed by atoms with Crippen LogP contribution in [0.15, 0.2) is 53.4 Å². The quantitative estimate of drug-likeness (QED) is 0.395. The maximum Gasteiger partial charge on any atom is 0.251 e. The van der Waals surface area contributed by atoms with Crippen molar-refractivity contribution in [2.45, 2.75) is 32.2 Å². The highest BCUT2D eigenvalue weighted by Crippen LogP contribution is 2.31. The van der Waals surface area contributed by atoms with Gasteiger partial charge in [0.1, 0.15) is 12.2 Å². The number of sulfonamides is 1. The summed E-state index contributed by atoms with van der Waals surface area (Å²) < 4.78 is 35.9. The molecule has 0 radical (unpaired) electrons. The minimum atomic E-state index is -4.21. The monoisotopic (exact) mass is 538 g/mol. The lowest BCUT2D eigenvalue weighted by Crippen LogP contribution is -2.53. The first-order valence-corrected chi connectivity index (χ1v) is 13.9. The van der Waals surface area contributed by atoms with Crippen molar-refractivity contribution in [2.24, 2.45) is 13.0 Å². The van der Waals surface area contributed by atoms with Gasteiger partial charge < -0.3 is 24.4 Å². The second-order valence-corrected chi connectivity index (χ2v) is 11.8. The third kappa shape index (κ3) is 5.34. The zero-order valence-electron chi connectivity index (χ0n) is 22.2. The number of benzene rings is 2. The highest BCUT2D eigenvalue weighted by Gasteiger charge is 2.37. The van der Waals surface area contributed by atoms with Crippen molar-refractivity contribution in [1.82, 2.24) is 9.29 Å². The van der Waals surface area contributed by atoms with Crippen LogP contribution in [-0.2, 0) is 21.8 Å². The Morgan fingerprint density at radius 2 is 1.82 bits per heavy atom. The molecule has 38 heavy (non-hydrogen) atoms. The molecule has 0 saturated carbocycles. The van der Waals surface area contributed by atoms with Crippen molar-refractivity contribution < 1.29 is 23.4 Å². The van der Waals surface area contributed by atoms with Gasteiger partial charge in [0.15, 0.2) is 4.91 Å². The van der Waals surface area contributed by atoms with Crippen LogP contribution in [0.3, 0.4) is 0 Å². The van der Waals surface area contributed by atoms with Crippen LogP contribution in [-0.4, -0.2) is 68.8 Å². The van der Waals surface area contributed by atoms with Gasteiger partial charge in [0.05, 0.1) is 18.8 Å². The number of nitriles is 1. The van der Waals surface area contributed by atoms with E-state index in [-0.39, 0.29) is 19.1 Å². The fourth-order valence-electron chi connectivity index (χ4n) is 4.78. The predicted octanol–water partition coefficient (Wildman–Crippen LogP) is 2.84. The summed E-state index contributed by atoms with van der Waals surface area (Å²) in [5.41, 5.74) is 3.84. The number of aliphatic hydroxyl groups is 2. The van der Waals surface area contributed by atoms with Crippen LogP contribution in [0.1, 0.15) is 19.5 Å². The van der Waals surface area contributed by atoms with E-state index in [2.05, 4.69) is 40.0 Å². The topological polar surface area (TPSA) is 128 Å². The average Bonchev–Trinajstić information content (AvgIpc) is 3.27. The number of nitrogens with zero attached hydrogens (tertiary/aromatic N) is 3. The third-order valence-electron chi connectivity index (χ3n) is 7.21. The molecule has 1 aromatic heterocycles. The number of hydrogen-bond acceptors (Lipinski definition) is 7. The summed E-state index contributed by atoms with van der Waals surface area (Å²) in [6.07, 6.45) is -3.17. The van der Waals surface area contributed by atoms with Crippen molar-refractivity contribution in [3.05, 3.63) is 59.1 Å². The van der Waals surface area contributed by atoms with Crippen LogP contribution in [0.5, 0.6) is 0 Å². The Morgan fingerprint density at radius 1 is 1.13 bits per heavy atom. The average molecular weight is 539 g/mol. The first-order valence-electron chi connectivity index (χ1n) is 12.4. The van der Waals surface area contributed by atoms with Gasteiger partial charge in [-0.05, 0) is 53.6 Å². The van der Waals surface area contributed by atoms with E-state index >= 15 is 0 Å². The smallest absolute Gasteiger partial charge is 0.251 e. The summed E-state index contributed by atoms with van der Waals surface area (Å²) in [4.78, 5) is 1.63. The molecule has 1 aliphatic rings. The maximum atomic E-state index is 13.1. The molecular formula is C28H34N4O5S. The molecule has 10 heteroatoms. The maximum absolute atomic E-state index is 13.1. The van der Waals surface area contributed by atoms with Gasteiger partial charge in [-0.25, -0.2) is 13.1 Å². The Balaban J connectivity index is 1.60. The highest BCUT2D eigenvalue weighted by atomic mass is 32.2. The van der Waals surface area contributed by atoms with Crippen molar-refractivity contribution in [3.63, 3.8) is 0 Å². The number of aliphatic hydroxyl groups excluding tert-OH is 2. The highest BCUT2D eigenvalue weighted by molar-refractivity contribution is 7.93. The Kier molecular flexibility index (Phi) is 7.97. The van der Waals surface area contributed by atoms with Gasteiger partial charge in [-0.3, -0.25) is 0 Å². The summed E-state index contributed by atoms with van der Waals surface area (Å²) >= 11 is 0. The fraction of sp³-hybridized carbons (Fsp3) is 0.393. The van der Waals surface area contributed by atoms with Crippen LogP contribution >= 0.6 is 0 Å². The van der Waals surface area contributed by atoms with Crippen LogP contribution in [0, 0.1) is 17.2 Å². The van der Waals surface area contributed by atoms with E-state index in [1.165, 1.54) is 0 Å². The van der Waals surface area contributed by atoms with Crippen LogP contribution in [0.2, 0.25) is 0 Å². The van der Waals surface area contributed by atoms with Gasteiger partial charge in [0.2, 0.25) is 0 Å². The van der Waals surface area contributed by atoms with Gasteiger partial charge in [0, 0.05) is 56.3 Å². The summed E-state index contributed by atoms with van der Waals surface area (Å²) in [5.74, 6) is -0.265. The Labute approximate surface area is 223 Å². The predicted molar refractivity (Wildman–Crippen MR) is 149 cm³/mol.